The lowest BCUT2D eigenvalue weighted by molar-refractivity contribution is 0.00800. The van der Waals surface area contributed by atoms with Gasteiger partial charge in [-0.05, 0) is 49.8 Å². The molecule has 0 atom stereocenters. The lowest BCUT2D eigenvalue weighted by Gasteiger charge is -2.26. The third kappa shape index (κ3) is 3.72. The predicted molar refractivity (Wildman–Crippen MR) is 76.9 cm³/mol. The lowest BCUT2D eigenvalue weighted by atomic mass is 9.89. The van der Waals surface area contributed by atoms with Crippen molar-refractivity contribution in [2.45, 2.75) is 45.3 Å². The molecule has 0 heterocycles. The van der Waals surface area contributed by atoms with Crippen molar-refractivity contribution in [3.8, 4) is 5.75 Å². The molecule has 1 aromatic rings. The first-order chi connectivity index (χ1) is 8.69. The molecule has 1 fully saturated rings. The van der Waals surface area contributed by atoms with E-state index >= 15 is 0 Å². The number of ether oxygens (including phenoxy) is 2. The number of methoxy groups -OCH3 is 1. The van der Waals surface area contributed by atoms with Crippen LogP contribution in [0.2, 0.25) is 0 Å². The molecule has 1 aromatic carbocycles. The van der Waals surface area contributed by atoms with Crippen LogP contribution in [0.15, 0.2) is 22.7 Å². The minimum absolute atomic E-state index is 0.421. The van der Waals surface area contributed by atoms with Crippen molar-refractivity contribution in [1.29, 1.82) is 0 Å². The number of hydrogen-bond donors (Lipinski definition) is 0. The van der Waals surface area contributed by atoms with E-state index in [0.717, 1.165) is 21.7 Å². The van der Waals surface area contributed by atoms with Gasteiger partial charge in [0.2, 0.25) is 0 Å². The molecule has 1 aliphatic rings. The quantitative estimate of drug-likeness (QED) is 0.811. The summed E-state index contributed by atoms with van der Waals surface area (Å²) in [6, 6.07) is 6.04. The summed E-state index contributed by atoms with van der Waals surface area (Å²) in [6.45, 7) is 2.97. The Morgan fingerprint density at radius 1 is 1.22 bits per heavy atom. The molecule has 18 heavy (non-hydrogen) atoms. The molecule has 2 nitrogen and oxygen atoms in total. The first kappa shape index (κ1) is 13.9. The van der Waals surface area contributed by atoms with E-state index in [1.54, 1.807) is 7.11 Å². The maximum atomic E-state index is 6.01. The summed E-state index contributed by atoms with van der Waals surface area (Å²) >= 11 is 3.49. The van der Waals surface area contributed by atoms with Gasteiger partial charge < -0.3 is 9.47 Å². The zero-order valence-electron chi connectivity index (χ0n) is 11.1. The maximum Gasteiger partial charge on any atom is 0.124 e. The predicted octanol–water partition coefficient (Wildman–Crippen LogP) is 4.55. The Hall–Kier alpha value is -0.540. The third-order valence-corrected chi connectivity index (χ3v) is 4.17. The molecule has 0 unspecified atom stereocenters. The molecule has 0 saturated heterocycles. The molecule has 0 bridgehead atoms. The molecular formula is C15H21BrO2. The maximum absolute atomic E-state index is 6.01. The van der Waals surface area contributed by atoms with Crippen LogP contribution in [0.1, 0.15) is 38.2 Å². The van der Waals surface area contributed by atoms with E-state index < -0.39 is 0 Å². The van der Waals surface area contributed by atoms with E-state index in [2.05, 4.69) is 28.9 Å². The monoisotopic (exact) mass is 312 g/mol. The summed E-state index contributed by atoms with van der Waals surface area (Å²) in [5, 5.41) is 0. The van der Waals surface area contributed by atoms with Crippen molar-refractivity contribution >= 4 is 15.9 Å². The summed E-state index contributed by atoms with van der Waals surface area (Å²) in [5.74, 6) is 1.77. The minimum atomic E-state index is 0.421. The molecule has 0 aliphatic heterocycles. The Kier molecular flexibility index (Phi) is 5.07. The highest BCUT2D eigenvalue weighted by Crippen LogP contribution is 2.28. The van der Waals surface area contributed by atoms with Gasteiger partial charge in [-0.1, -0.05) is 22.9 Å². The molecule has 0 N–H and O–H groups in total. The lowest BCUT2D eigenvalue weighted by Crippen LogP contribution is -2.20. The second-order valence-electron chi connectivity index (χ2n) is 5.15. The van der Waals surface area contributed by atoms with E-state index in [0.29, 0.717) is 12.7 Å². The van der Waals surface area contributed by atoms with Gasteiger partial charge in [0, 0.05) is 10.0 Å². The van der Waals surface area contributed by atoms with Gasteiger partial charge in [0.25, 0.3) is 0 Å². The zero-order valence-corrected chi connectivity index (χ0v) is 12.7. The number of benzene rings is 1. The first-order valence-corrected chi connectivity index (χ1v) is 7.42. The SMILES string of the molecule is COc1ccc(Br)cc1COC1CCC(C)CC1. The van der Waals surface area contributed by atoms with Crippen LogP contribution in [0, 0.1) is 5.92 Å². The van der Waals surface area contributed by atoms with Gasteiger partial charge in [0.1, 0.15) is 5.75 Å². The van der Waals surface area contributed by atoms with Crippen LogP contribution in [0.3, 0.4) is 0 Å². The van der Waals surface area contributed by atoms with Crippen molar-refractivity contribution in [3.05, 3.63) is 28.2 Å². The normalized spacial score (nSPS) is 23.9. The zero-order chi connectivity index (χ0) is 13.0. The van der Waals surface area contributed by atoms with Gasteiger partial charge in [0.05, 0.1) is 19.8 Å². The van der Waals surface area contributed by atoms with Crippen LogP contribution in [0.5, 0.6) is 5.75 Å². The number of halogens is 1. The number of rotatable bonds is 4. The minimum Gasteiger partial charge on any atom is -0.496 e. The third-order valence-electron chi connectivity index (χ3n) is 3.68. The van der Waals surface area contributed by atoms with E-state index in [9.17, 15) is 0 Å². The standard InChI is InChI=1S/C15H21BrO2/c1-11-3-6-14(7-4-11)18-10-12-9-13(16)5-8-15(12)17-2/h5,8-9,11,14H,3-4,6-7,10H2,1-2H3. The molecule has 0 radical (unpaired) electrons. The topological polar surface area (TPSA) is 18.5 Å². The van der Waals surface area contributed by atoms with Crippen molar-refractivity contribution < 1.29 is 9.47 Å². The van der Waals surface area contributed by atoms with Gasteiger partial charge in [-0.3, -0.25) is 0 Å². The van der Waals surface area contributed by atoms with E-state index in [1.807, 2.05) is 12.1 Å². The van der Waals surface area contributed by atoms with Crippen LogP contribution >= 0.6 is 15.9 Å². The van der Waals surface area contributed by atoms with Crippen molar-refractivity contribution in [2.75, 3.05) is 7.11 Å². The fourth-order valence-electron chi connectivity index (χ4n) is 2.46. The highest BCUT2D eigenvalue weighted by Gasteiger charge is 2.19. The summed E-state index contributed by atoms with van der Waals surface area (Å²) in [6.07, 6.45) is 5.39. The largest absolute Gasteiger partial charge is 0.496 e. The molecule has 1 saturated carbocycles. The summed E-state index contributed by atoms with van der Waals surface area (Å²) in [7, 11) is 1.70. The van der Waals surface area contributed by atoms with Crippen molar-refractivity contribution in [1.82, 2.24) is 0 Å². The second-order valence-corrected chi connectivity index (χ2v) is 6.06. The first-order valence-electron chi connectivity index (χ1n) is 6.63. The van der Waals surface area contributed by atoms with Crippen LogP contribution in [0.25, 0.3) is 0 Å². The number of hydrogen-bond acceptors (Lipinski definition) is 2. The van der Waals surface area contributed by atoms with Gasteiger partial charge in [-0.25, -0.2) is 0 Å². The molecule has 2 rings (SSSR count). The molecule has 0 spiro atoms. The Bertz CT molecular complexity index is 384. The molecular weight excluding hydrogens is 292 g/mol. The van der Waals surface area contributed by atoms with E-state index in [1.165, 1.54) is 25.7 Å². The molecule has 1 aliphatic carbocycles. The van der Waals surface area contributed by atoms with Crippen LogP contribution in [-0.4, -0.2) is 13.2 Å². The highest BCUT2D eigenvalue weighted by atomic mass is 79.9. The van der Waals surface area contributed by atoms with Crippen LogP contribution in [0.4, 0.5) is 0 Å². The second kappa shape index (κ2) is 6.58. The smallest absolute Gasteiger partial charge is 0.124 e. The summed E-state index contributed by atoms with van der Waals surface area (Å²) in [4.78, 5) is 0. The van der Waals surface area contributed by atoms with Gasteiger partial charge in [0.15, 0.2) is 0 Å². The summed E-state index contributed by atoms with van der Waals surface area (Å²) in [5.41, 5.74) is 1.12. The van der Waals surface area contributed by atoms with E-state index in [-0.39, 0.29) is 0 Å². The fourth-order valence-corrected chi connectivity index (χ4v) is 2.87. The van der Waals surface area contributed by atoms with Crippen molar-refractivity contribution in [2.24, 2.45) is 5.92 Å². The van der Waals surface area contributed by atoms with Gasteiger partial charge in [-0.2, -0.15) is 0 Å². The average Bonchev–Trinajstić information content (AvgIpc) is 2.38. The van der Waals surface area contributed by atoms with E-state index in [4.69, 9.17) is 9.47 Å². The summed E-state index contributed by atoms with van der Waals surface area (Å²) < 4.78 is 12.4. The Morgan fingerprint density at radius 3 is 2.61 bits per heavy atom. The van der Waals surface area contributed by atoms with Crippen molar-refractivity contribution in [3.63, 3.8) is 0 Å². The molecule has 100 valence electrons. The van der Waals surface area contributed by atoms with Gasteiger partial charge in [-0.15, -0.1) is 0 Å². The Balaban J connectivity index is 1.91. The van der Waals surface area contributed by atoms with Crippen LogP contribution < -0.4 is 4.74 Å². The molecule has 0 amide bonds. The fraction of sp³-hybridized carbons (Fsp3) is 0.600. The molecule has 0 aromatic heterocycles. The Labute approximate surface area is 118 Å². The highest BCUT2D eigenvalue weighted by molar-refractivity contribution is 9.10. The van der Waals surface area contributed by atoms with Gasteiger partial charge >= 0.3 is 0 Å². The molecule has 3 heteroatoms. The van der Waals surface area contributed by atoms with Crippen LogP contribution in [-0.2, 0) is 11.3 Å². The average molecular weight is 313 g/mol. The Morgan fingerprint density at radius 2 is 1.94 bits per heavy atom.